The van der Waals surface area contributed by atoms with E-state index in [9.17, 15) is 9.59 Å². The molecule has 5 N–H and O–H groups in total. The van der Waals surface area contributed by atoms with E-state index in [0.29, 0.717) is 22.8 Å². The van der Waals surface area contributed by atoms with Gasteiger partial charge in [0.05, 0.1) is 5.56 Å². The molecule has 0 atom stereocenters. The van der Waals surface area contributed by atoms with E-state index >= 15 is 0 Å². The average molecular weight is 441 g/mol. The van der Waals surface area contributed by atoms with Crippen LogP contribution in [0.25, 0.3) is 0 Å². The number of carbonyl (C=O) groups is 1. The minimum Gasteiger partial charge on any atom is -0.474 e. The first-order chi connectivity index (χ1) is 15.3. The molecule has 3 heterocycles. The lowest BCUT2D eigenvalue weighted by Gasteiger charge is -2.24. The summed E-state index contributed by atoms with van der Waals surface area (Å²) in [6.07, 6.45) is 2.85. The number of aromatic amines is 1. The Morgan fingerprint density at radius 2 is 2.03 bits per heavy atom. The number of hydrogen-bond donors (Lipinski definition) is 5. The van der Waals surface area contributed by atoms with Crippen molar-refractivity contribution in [1.82, 2.24) is 20.6 Å². The van der Waals surface area contributed by atoms with Crippen LogP contribution < -0.4 is 26.2 Å². The Labute approximate surface area is 187 Å². The highest BCUT2D eigenvalue weighted by molar-refractivity contribution is 6.04. The summed E-state index contributed by atoms with van der Waals surface area (Å²) in [6.45, 7) is 9.41. The van der Waals surface area contributed by atoms with Gasteiger partial charge in [-0.05, 0) is 65.3 Å². The van der Waals surface area contributed by atoms with Crippen molar-refractivity contribution in [2.45, 2.75) is 59.2 Å². The summed E-state index contributed by atoms with van der Waals surface area (Å²) in [5.41, 5.74) is 2.52. The summed E-state index contributed by atoms with van der Waals surface area (Å²) < 4.78 is 6.08. The predicted octanol–water partition coefficient (Wildman–Crippen LogP) is 2.27. The molecule has 32 heavy (non-hydrogen) atoms. The molecule has 0 aromatic carbocycles. The smallest absolute Gasteiger partial charge is 0.253 e. The number of ether oxygens (including phenoxy) is 1. The molecule has 1 amide bonds. The SMILES string of the molecule is Cc1cc(C)c(CNC(=O)c2cc(OC3CCNCC3)nc(NC(C)C)c2C=N)c(=O)[nH]1. The van der Waals surface area contributed by atoms with Crippen LogP contribution in [-0.2, 0) is 6.54 Å². The van der Waals surface area contributed by atoms with Crippen LogP contribution in [0.4, 0.5) is 5.82 Å². The Morgan fingerprint density at radius 3 is 2.66 bits per heavy atom. The van der Waals surface area contributed by atoms with Crippen LogP contribution in [0, 0.1) is 19.3 Å². The third kappa shape index (κ3) is 5.73. The van der Waals surface area contributed by atoms with Crippen molar-refractivity contribution in [3.63, 3.8) is 0 Å². The van der Waals surface area contributed by atoms with Gasteiger partial charge in [-0.2, -0.15) is 4.98 Å². The standard InChI is InChI=1S/C23H32N6O3/c1-13(2)27-21-18(11-24)17(10-20(29-21)32-16-5-7-25-8-6-16)22(30)26-12-19-14(3)9-15(4)28-23(19)31/h9-11,13,16,24-25H,5-8,12H2,1-4H3,(H,26,30)(H,27,29)(H,28,31). The van der Waals surface area contributed by atoms with Crippen LogP contribution in [0.2, 0.25) is 0 Å². The predicted molar refractivity (Wildman–Crippen MR) is 125 cm³/mol. The highest BCUT2D eigenvalue weighted by Gasteiger charge is 2.21. The summed E-state index contributed by atoms with van der Waals surface area (Å²) in [7, 11) is 0. The normalized spacial score (nSPS) is 14.3. The summed E-state index contributed by atoms with van der Waals surface area (Å²) >= 11 is 0. The number of H-pyrrole nitrogens is 1. The van der Waals surface area contributed by atoms with Crippen molar-refractivity contribution < 1.29 is 9.53 Å². The zero-order valence-corrected chi connectivity index (χ0v) is 19.1. The second-order valence-corrected chi connectivity index (χ2v) is 8.41. The van der Waals surface area contributed by atoms with Crippen molar-refractivity contribution in [3.8, 4) is 5.88 Å². The topological polar surface area (TPSA) is 132 Å². The van der Waals surface area contributed by atoms with E-state index in [1.54, 1.807) is 6.07 Å². The van der Waals surface area contributed by atoms with E-state index < -0.39 is 5.91 Å². The molecular formula is C23H32N6O3. The fourth-order valence-corrected chi connectivity index (χ4v) is 3.76. The van der Waals surface area contributed by atoms with Crippen LogP contribution in [0.3, 0.4) is 0 Å². The zero-order chi connectivity index (χ0) is 23.3. The maximum Gasteiger partial charge on any atom is 0.253 e. The van der Waals surface area contributed by atoms with Crippen molar-refractivity contribution in [1.29, 1.82) is 5.41 Å². The van der Waals surface area contributed by atoms with Gasteiger partial charge < -0.3 is 31.1 Å². The van der Waals surface area contributed by atoms with E-state index in [1.165, 1.54) is 0 Å². The molecule has 0 aliphatic carbocycles. The fraction of sp³-hybridized carbons (Fsp3) is 0.478. The van der Waals surface area contributed by atoms with Gasteiger partial charge in [0.2, 0.25) is 5.88 Å². The fourth-order valence-electron chi connectivity index (χ4n) is 3.76. The second kappa shape index (κ2) is 10.4. The number of amides is 1. The largest absolute Gasteiger partial charge is 0.474 e. The number of rotatable bonds is 8. The van der Waals surface area contributed by atoms with Crippen LogP contribution in [0.15, 0.2) is 16.9 Å². The Bertz CT molecular complexity index is 1040. The van der Waals surface area contributed by atoms with Crippen LogP contribution in [0.1, 0.15) is 59.4 Å². The van der Waals surface area contributed by atoms with Gasteiger partial charge in [0.25, 0.3) is 11.5 Å². The van der Waals surface area contributed by atoms with Gasteiger partial charge in [0.15, 0.2) is 0 Å². The first-order valence-electron chi connectivity index (χ1n) is 11.0. The Kier molecular flexibility index (Phi) is 7.63. The lowest BCUT2D eigenvalue weighted by atomic mass is 10.1. The highest BCUT2D eigenvalue weighted by atomic mass is 16.5. The first kappa shape index (κ1) is 23.5. The molecule has 1 saturated heterocycles. The van der Waals surface area contributed by atoms with Crippen LogP contribution in [0.5, 0.6) is 5.88 Å². The molecule has 1 fully saturated rings. The van der Waals surface area contributed by atoms with Crippen molar-refractivity contribution in [2.75, 3.05) is 18.4 Å². The highest BCUT2D eigenvalue weighted by Crippen LogP contribution is 2.25. The Balaban J connectivity index is 1.89. The number of piperidine rings is 1. The number of aryl methyl sites for hydroxylation is 2. The third-order valence-corrected chi connectivity index (χ3v) is 5.34. The van der Waals surface area contributed by atoms with E-state index in [0.717, 1.165) is 43.4 Å². The van der Waals surface area contributed by atoms with E-state index in [-0.39, 0.29) is 29.8 Å². The number of aromatic nitrogens is 2. The molecule has 2 aromatic rings. The molecule has 0 saturated carbocycles. The number of pyridine rings is 2. The maximum absolute atomic E-state index is 13.1. The molecule has 0 bridgehead atoms. The van der Waals surface area contributed by atoms with E-state index in [1.807, 2.05) is 33.8 Å². The lowest BCUT2D eigenvalue weighted by molar-refractivity contribution is 0.0949. The molecule has 0 unspecified atom stereocenters. The third-order valence-electron chi connectivity index (χ3n) is 5.34. The number of hydrogen-bond acceptors (Lipinski definition) is 7. The molecule has 9 nitrogen and oxygen atoms in total. The molecule has 2 aromatic heterocycles. The van der Waals surface area contributed by atoms with Gasteiger partial charge in [-0.1, -0.05) is 0 Å². The molecule has 3 rings (SSSR count). The Hall–Kier alpha value is -3.20. The summed E-state index contributed by atoms with van der Waals surface area (Å²) in [6, 6.07) is 3.50. The van der Waals surface area contributed by atoms with Crippen LogP contribution >= 0.6 is 0 Å². The molecule has 0 spiro atoms. The van der Waals surface area contributed by atoms with Gasteiger partial charge >= 0.3 is 0 Å². The van der Waals surface area contributed by atoms with Gasteiger partial charge in [0, 0.05) is 41.7 Å². The molecule has 9 heteroatoms. The quantitative estimate of drug-likeness (QED) is 0.400. The van der Waals surface area contributed by atoms with Crippen molar-refractivity contribution in [2.24, 2.45) is 0 Å². The molecule has 1 aliphatic heterocycles. The number of nitrogens with zero attached hydrogens (tertiary/aromatic N) is 1. The monoisotopic (exact) mass is 440 g/mol. The van der Waals surface area contributed by atoms with Gasteiger partial charge in [-0.25, -0.2) is 0 Å². The summed E-state index contributed by atoms with van der Waals surface area (Å²) in [4.78, 5) is 32.7. The molecular weight excluding hydrogens is 408 g/mol. The van der Waals surface area contributed by atoms with Crippen molar-refractivity contribution in [3.05, 3.63) is 50.4 Å². The maximum atomic E-state index is 13.1. The molecule has 0 radical (unpaired) electrons. The average Bonchev–Trinajstić information content (AvgIpc) is 2.72. The minimum atomic E-state index is -0.396. The summed E-state index contributed by atoms with van der Waals surface area (Å²) in [5, 5.41) is 17.2. The molecule has 1 aliphatic rings. The number of anilines is 1. The second-order valence-electron chi connectivity index (χ2n) is 8.41. The van der Waals surface area contributed by atoms with Gasteiger partial charge in [-0.15, -0.1) is 0 Å². The van der Waals surface area contributed by atoms with Crippen LogP contribution in [-0.4, -0.2) is 47.3 Å². The van der Waals surface area contributed by atoms with E-state index in [4.69, 9.17) is 10.1 Å². The van der Waals surface area contributed by atoms with E-state index in [2.05, 4.69) is 25.9 Å². The minimum absolute atomic E-state index is 0.0196. The number of nitrogens with one attached hydrogen (secondary N) is 5. The molecule has 172 valence electrons. The number of carbonyl (C=O) groups excluding carboxylic acids is 1. The van der Waals surface area contributed by atoms with Crippen molar-refractivity contribution >= 4 is 17.9 Å². The first-order valence-corrected chi connectivity index (χ1v) is 11.0. The van der Waals surface area contributed by atoms with Gasteiger partial charge in [-0.3, -0.25) is 9.59 Å². The summed E-state index contributed by atoms with van der Waals surface area (Å²) in [5.74, 6) is 0.378. The Morgan fingerprint density at radius 1 is 1.31 bits per heavy atom. The zero-order valence-electron chi connectivity index (χ0n) is 19.1. The van der Waals surface area contributed by atoms with Gasteiger partial charge in [0.1, 0.15) is 11.9 Å². The lowest BCUT2D eigenvalue weighted by Crippen LogP contribution is -2.34.